The number of carbonyl (C=O) groups is 1. The molecule has 3 rings (SSSR count). The normalized spacial score (nSPS) is 10.7. The van der Waals surface area contributed by atoms with Gasteiger partial charge in [-0.2, -0.15) is 0 Å². The highest BCUT2D eigenvalue weighted by Crippen LogP contribution is 2.29. The topological polar surface area (TPSA) is 52.3 Å². The molecule has 0 aliphatic carbocycles. The molecule has 0 aliphatic heterocycles. The third-order valence-corrected chi connectivity index (χ3v) is 3.39. The molecule has 0 aliphatic rings. The Morgan fingerprint density at radius 3 is 3.00 bits per heavy atom. The average molecular weight is 259 g/mol. The predicted molar refractivity (Wildman–Crippen MR) is 68.7 cm³/mol. The van der Waals surface area contributed by atoms with Gasteiger partial charge in [0.05, 0.1) is 7.11 Å². The van der Waals surface area contributed by atoms with E-state index >= 15 is 0 Å². The molecule has 2 aromatic heterocycles. The van der Waals surface area contributed by atoms with Crippen molar-refractivity contribution in [3.63, 3.8) is 0 Å². The van der Waals surface area contributed by atoms with E-state index in [0.717, 1.165) is 11.0 Å². The molecule has 0 N–H and O–H groups in total. The number of para-hydroxylation sites is 1. The van der Waals surface area contributed by atoms with Crippen molar-refractivity contribution < 1.29 is 13.9 Å². The number of esters is 1. The molecule has 0 bridgehead atoms. The number of aromatic nitrogens is 1. The average Bonchev–Trinajstić information content (AvgIpc) is 3.03. The van der Waals surface area contributed by atoms with E-state index in [-0.39, 0.29) is 0 Å². The van der Waals surface area contributed by atoms with Gasteiger partial charge in [-0.15, -0.1) is 11.3 Å². The number of ether oxygens (including phenoxy) is 1. The summed E-state index contributed by atoms with van der Waals surface area (Å²) < 4.78 is 10.3. The maximum atomic E-state index is 11.3. The van der Waals surface area contributed by atoms with E-state index in [1.54, 1.807) is 5.38 Å². The Hall–Kier alpha value is -2.14. The number of thiazole rings is 1. The molecule has 0 saturated heterocycles. The summed E-state index contributed by atoms with van der Waals surface area (Å²) in [5.74, 6) is 0.227. The number of rotatable bonds is 2. The smallest absolute Gasteiger partial charge is 0.357 e. The van der Waals surface area contributed by atoms with Crippen LogP contribution in [0, 0.1) is 0 Å². The number of carbonyl (C=O) groups excluding carboxylic acids is 1. The molecule has 0 spiro atoms. The molecule has 0 saturated carbocycles. The van der Waals surface area contributed by atoms with Crippen LogP contribution >= 0.6 is 11.3 Å². The highest BCUT2D eigenvalue weighted by atomic mass is 32.1. The van der Waals surface area contributed by atoms with Crippen LogP contribution in [-0.2, 0) is 4.74 Å². The van der Waals surface area contributed by atoms with E-state index < -0.39 is 5.97 Å². The van der Waals surface area contributed by atoms with Crippen molar-refractivity contribution in [2.24, 2.45) is 0 Å². The quantitative estimate of drug-likeness (QED) is 0.662. The van der Waals surface area contributed by atoms with Crippen molar-refractivity contribution in [2.45, 2.75) is 0 Å². The van der Waals surface area contributed by atoms with Gasteiger partial charge in [0.25, 0.3) is 0 Å². The van der Waals surface area contributed by atoms with Gasteiger partial charge in [-0.05, 0) is 12.1 Å². The fourth-order valence-corrected chi connectivity index (χ4v) is 2.41. The van der Waals surface area contributed by atoms with Gasteiger partial charge in [0.15, 0.2) is 16.5 Å². The van der Waals surface area contributed by atoms with Crippen LogP contribution < -0.4 is 0 Å². The molecule has 18 heavy (non-hydrogen) atoms. The number of benzene rings is 1. The minimum Gasteiger partial charge on any atom is -0.464 e. The molecule has 2 heterocycles. The van der Waals surface area contributed by atoms with Crippen molar-refractivity contribution in [2.75, 3.05) is 7.11 Å². The molecule has 0 atom stereocenters. The van der Waals surface area contributed by atoms with Gasteiger partial charge in [0, 0.05) is 10.8 Å². The lowest BCUT2D eigenvalue weighted by Crippen LogP contribution is -2.00. The molecule has 90 valence electrons. The molecule has 3 aromatic rings. The standard InChI is InChI=1S/C13H9NO3S/c1-16-13(15)9-7-18-12(14-9)11-6-8-4-2-3-5-10(8)17-11/h2-7H,1H3. The van der Waals surface area contributed by atoms with Crippen molar-refractivity contribution >= 4 is 28.3 Å². The fraction of sp³-hybridized carbons (Fsp3) is 0.0769. The van der Waals surface area contributed by atoms with Crippen molar-refractivity contribution in [1.82, 2.24) is 4.98 Å². The van der Waals surface area contributed by atoms with Crippen molar-refractivity contribution in [3.8, 4) is 10.8 Å². The van der Waals surface area contributed by atoms with Crippen LogP contribution in [0.4, 0.5) is 0 Å². The van der Waals surface area contributed by atoms with Crippen LogP contribution in [0.3, 0.4) is 0 Å². The molecule has 0 fully saturated rings. The highest BCUT2D eigenvalue weighted by molar-refractivity contribution is 7.13. The number of furan rings is 1. The lowest BCUT2D eigenvalue weighted by atomic mass is 10.2. The van der Waals surface area contributed by atoms with Gasteiger partial charge in [-0.1, -0.05) is 18.2 Å². The van der Waals surface area contributed by atoms with Crippen LogP contribution in [0.25, 0.3) is 21.7 Å². The summed E-state index contributed by atoms with van der Waals surface area (Å²) in [6.07, 6.45) is 0. The number of hydrogen-bond acceptors (Lipinski definition) is 5. The van der Waals surface area contributed by atoms with Gasteiger partial charge in [0.1, 0.15) is 5.58 Å². The molecular weight excluding hydrogens is 250 g/mol. The first kappa shape index (κ1) is 11.0. The summed E-state index contributed by atoms with van der Waals surface area (Å²) in [5, 5.41) is 3.35. The maximum Gasteiger partial charge on any atom is 0.357 e. The van der Waals surface area contributed by atoms with E-state index in [2.05, 4.69) is 9.72 Å². The predicted octanol–water partition coefficient (Wildman–Crippen LogP) is 3.34. The van der Waals surface area contributed by atoms with Gasteiger partial charge >= 0.3 is 5.97 Å². The van der Waals surface area contributed by atoms with E-state index in [0.29, 0.717) is 16.5 Å². The highest BCUT2D eigenvalue weighted by Gasteiger charge is 2.14. The number of nitrogens with zero attached hydrogens (tertiary/aromatic N) is 1. The zero-order chi connectivity index (χ0) is 12.5. The third-order valence-electron chi connectivity index (χ3n) is 2.54. The van der Waals surface area contributed by atoms with Crippen molar-refractivity contribution in [3.05, 3.63) is 41.4 Å². The second-order valence-corrected chi connectivity index (χ2v) is 4.54. The second-order valence-electron chi connectivity index (χ2n) is 3.68. The van der Waals surface area contributed by atoms with Crippen LogP contribution in [-0.4, -0.2) is 18.1 Å². The zero-order valence-electron chi connectivity index (χ0n) is 9.54. The zero-order valence-corrected chi connectivity index (χ0v) is 10.4. The molecule has 4 nitrogen and oxygen atoms in total. The van der Waals surface area contributed by atoms with Crippen LogP contribution in [0.1, 0.15) is 10.5 Å². The van der Waals surface area contributed by atoms with Gasteiger partial charge < -0.3 is 9.15 Å². The summed E-state index contributed by atoms with van der Waals surface area (Å²) in [7, 11) is 1.34. The lowest BCUT2D eigenvalue weighted by molar-refractivity contribution is 0.0595. The molecule has 0 unspecified atom stereocenters. The van der Waals surface area contributed by atoms with E-state index in [4.69, 9.17) is 4.42 Å². The van der Waals surface area contributed by atoms with E-state index in [1.165, 1.54) is 18.4 Å². The first-order valence-corrected chi connectivity index (χ1v) is 6.18. The number of methoxy groups -OCH3 is 1. The summed E-state index contributed by atoms with van der Waals surface area (Å²) in [5.41, 5.74) is 1.11. The maximum absolute atomic E-state index is 11.3. The third kappa shape index (κ3) is 1.78. The fourth-order valence-electron chi connectivity index (χ4n) is 1.67. The summed E-state index contributed by atoms with van der Waals surface area (Å²) >= 11 is 1.36. The summed E-state index contributed by atoms with van der Waals surface area (Å²) in [6.45, 7) is 0. The Kier molecular flexibility index (Phi) is 2.60. The van der Waals surface area contributed by atoms with E-state index in [9.17, 15) is 4.79 Å². The largest absolute Gasteiger partial charge is 0.464 e. The SMILES string of the molecule is COC(=O)c1csc(-c2cc3ccccc3o2)n1. The lowest BCUT2D eigenvalue weighted by Gasteiger charge is -1.91. The summed E-state index contributed by atoms with van der Waals surface area (Å²) in [6, 6.07) is 9.64. The molecule has 0 amide bonds. The van der Waals surface area contributed by atoms with Crippen LogP contribution in [0.5, 0.6) is 0 Å². The monoisotopic (exact) mass is 259 g/mol. The van der Waals surface area contributed by atoms with Crippen LogP contribution in [0.15, 0.2) is 40.1 Å². The number of fused-ring (bicyclic) bond motifs is 1. The Balaban J connectivity index is 2.03. The molecule has 1 aromatic carbocycles. The molecule has 5 heteroatoms. The van der Waals surface area contributed by atoms with Crippen LogP contribution in [0.2, 0.25) is 0 Å². The minimum absolute atomic E-state index is 0.304. The van der Waals surface area contributed by atoms with Crippen molar-refractivity contribution in [1.29, 1.82) is 0 Å². The minimum atomic E-state index is -0.436. The first-order valence-electron chi connectivity index (χ1n) is 5.31. The Labute approximate surface area is 107 Å². The Morgan fingerprint density at radius 1 is 1.39 bits per heavy atom. The second kappa shape index (κ2) is 4.27. The Morgan fingerprint density at radius 2 is 2.22 bits per heavy atom. The molecule has 0 radical (unpaired) electrons. The van der Waals surface area contributed by atoms with Gasteiger partial charge in [-0.3, -0.25) is 0 Å². The summed E-state index contributed by atoms with van der Waals surface area (Å²) in [4.78, 5) is 15.5. The number of hydrogen-bond donors (Lipinski definition) is 0. The van der Waals surface area contributed by atoms with Gasteiger partial charge in [-0.25, -0.2) is 9.78 Å². The Bertz CT molecular complexity index is 681. The first-order chi connectivity index (χ1) is 8.78. The van der Waals surface area contributed by atoms with E-state index in [1.807, 2.05) is 30.3 Å². The van der Waals surface area contributed by atoms with Gasteiger partial charge in [0.2, 0.25) is 0 Å². The molecular formula is C13H9NO3S.